The molecule has 162 valence electrons. The SMILES string of the molecule is O=C(COC(=O)c1cccc(Oc2ccccc2)c1)Nc1ccccc1N1CCCC1=O. The highest BCUT2D eigenvalue weighted by atomic mass is 16.5. The highest BCUT2D eigenvalue weighted by molar-refractivity contribution is 6.02. The molecule has 1 fully saturated rings. The number of nitrogens with one attached hydrogen (secondary N) is 1. The number of hydrogen-bond donors (Lipinski definition) is 1. The number of benzene rings is 3. The number of rotatable bonds is 7. The molecule has 0 bridgehead atoms. The van der Waals surface area contributed by atoms with Crippen molar-refractivity contribution in [3.05, 3.63) is 84.4 Å². The molecule has 0 aromatic heterocycles. The Morgan fingerprint density at radius 1 is 0.906 bits per heavy atom. The van der Waals surface area contributed by atoms with Crippen molar-refractivity contribution in [1.29, 1.82) is 0 Å². The van der Waals surface area contributed by atoms with E-state index < -0.39 is 18.5 Å². The van der Waals surface area contributed by atoms with E-state index in [4.69, 9.17) is 9.47 Å². The van der Waals surface area contributed by atoms with Gasteiger partial charge in [0.15, 0.2) is 6.61 Å². The molecular formula is C25H22N2O5. The van der Waals surface area contributed by atoms with Gasteiger partial charge < -0.3 is 19.7 Å². The standard InChI is InChI=1S/C25H22N2O5/c28-23(26-21-12-4-5-13-22(21)27-15-7-14-24(27)29)17-31-25(30)18-8-6-11-20(16-18)32-19-9-2-1-3-10-19/h1-6,8-13,16H,7,14-15,17H2,(H,26,28). The molecule has 0 saturated carbocycles. The predicted molar refractivity (Wildman–Crippen MR) is 120 cm³/mol. The summed E-state index contributed by atoms with van der Waals surface area (Å²) in [4.78, 5) is 38.5. The lowest BCUT2D eigenvalue weighted by atomic mass is 10.2. The molecule has 3 aromatic carbocycles. The van der Waals surface area contributed by atoms with Crippen LogP contribution in [0, 0.1) is 0 Å². The lowest BCUT2D eigenvalue weighted by Crippen LogP contribution is -2.27. The smallest absolute Gasteiger partial charge is 0.338 e. The fourth-order valence-electron chi connectivity index (χ4n) is 3.43. The van der Waals surface area contributed by atoms with Gasteiger partial charge in [0.1, 0.15) is 11.5 Å². The van der Waals surface area contributed by atoms with Crippen molar-refractivity contribution in [3.63, 3.8) is 0 Å². The van der Waals surface area contributed by atoms with Gasteiger partial charge >= 0.3 is 5.97 Å². The van der Waals surface area contributed by atoms with E-state index in [9.17, 15) is 14.4 Å². The molecule has 7 heteroatoms. The number of hydrogen-bond acceptors (Lipinski definition) is 5. The maximum atomic E-state index is 12.4. The van der Waals surface area contributed by atoms with Crippen molar-refractivity contribution < 1.29 is 23.9 Å². The number of ether oxygens (including phenoxy) is 2. The zero-order valence-electron chi connectivity index (χ0n) is 17.3. The van der Waals surface area contributed by atoms with E-state index in [-0.39, 0.29) is 11.5 Å². The van der Waals surface area contributed by atoms with Gasteiger partial charge in [-0.1, -0.05) is 36.4 Å². The first-order valence-corrected chi connectivity index (χ1v) is 10.3. The highest BCUT2D eigenvalue weighted by Crippen LogP contribution is 2.29. The van der Waals surface area contributed by atoms with Crippen molar-refractivity contribution in [2.24, 2.45) is 0 Å². The summed E-state index contributed by atoms with van der Waals surface area (Å²) in [5.74, 6) is 0.0263. The lowest BCUT2D eigenvalue weighted by molar-refractivity contribution is -0.119. The molecule has 1 saturated heterocycles. The number of carbonyl (C=O) groups excluding carboxylic acids is 3. The molecule has 4 rings (SSSR count). The Labute approximate surface area is 185 Å². The predicted octanol–water partition coefficient (Wildman–Crippen LogP) is 4.40. The number of carbonyl (C=O) groups is 3. The highest BCUT2D eigenvalue weighted by Gasteiger charge is 2.24. The van der Waals surface area contributed by atoms with Gasteiger partial charge in [-0.15, -0.1) is 0 Å². The van der Waals surface area contributed by atoms with Gasteiger partial charge in [0.25, 0.3) is 5.91 Å². The number of nitrogens with zero attached hydrogens (tertiary/aromatic N) is 1. The fourth-order valence-corrected chi connectivity index (χ4v) is 3.43. The molecule has 1 heterocycles. The van der Waals surface area contributed by atoms with E-state index in [2.05, 4.69) is 5.32 Å². The van der Waals surface area contributed by atoms with Crippen LogP contribution in [0.25, 0.3) is 0 Å². The summed E-state index contributed by atoms with van der Waals surface area (Å²) < 4.78 is 10.9. The van der Waals surface area contributed by atoms with Crippen LogP contribution in [0.5, 0.6) is 11.5 Å². The zero-order chi connectivity index (χ0) is 22.3. The van der Waals surface area contributed by atoms with Gasteiger partial charge in [-0.25, -0.2) is 4.79 Å². The van der Waals surface area contributed by atoms with Gasteiger partial charge in [-0.2, -0.15) is 0 Å². The maximum absolute atomic E-state index is 12.4. The van der Waals surface area contributed by atoms with Crippen molar-refractivity contribution in [3.8, 4) is 11.5 Å². The Morgan fingerprint density at radius 2 is 1.66 bits per heavy atom. The first-order chi connectivity index (χ1) is 15.6. The van der Waals surface area contributed by atoms with E-state index in [1.54, 1.807) is 53.4 Å². The first kappa shape index (κ1) is 21.1. The largest absolute Gasteiger partial charge is 0.457 e. The van der Waals surface area contributed by atoms with E-state index in [1.165, 1.54) is 0 Å². The molecule has 2 amide bonds. The van der Waals surface area contributed by atoms with E-state index >= 15 is 0 Å². The molecule has 0 spiro atoms. The summed E-state index contributed by atoms with van der Waals surface area (Å²) in [5, 5.41) is 2.72. The third-order valence-electron chi connectivity index (χ3n) is 4.93. The molecule has 7 nitrogen and oxygen atoms in total. The molecular weight excluding hydrogens is 408 g/mol. The second-order valence-corrected chi connectivity index (χ2v) is 7.23. The second kappa shape index (κ2) is 9.78. The maximum Gasteiger partial charge on any atom is 0.338 e. The van der Waals surface area contributed by atoms with Crippen LogP contribution in [-0.2, 0) is 14.3 Å². The molecule has 0 atom stereocenters. The summed E-state index contributed by atoms with van der Waals surface area (Å²) in [6.07, 6.45) is 1.28. The van der Waals surface area contributed by atoms with Crippen LogP contribution in [0.15, 0.2) is 78.9 Å². The number of amides is 2. The first-order valence-electron chi connectivity index (χ1n) is 10.3. The lowest BCUT2D eigenvalue weighted by Gasteiger charge is -2.19. The molecule has 0 unspecified atom stereocenters. The van der Waals surface area contributed by atoms with Crippen LogP contribution >= 0.6 is 0 Å². The van der Waals surface area contributed by atoms with Crippen LogP contribution in [0.4, 0.5) is 11.4 Å². The second-order valence-electron chi connectivity index (χ2n) is 7.23. The average molecular weight is 430 g/mol. The minimum Gasteiger partial charge on any atom is -0.457 e. The Balaban J connectivity index is 1.35. The van der Waals surface area contributed by atoms with Gasteiger partial charge in [0, 0.05) is 13.0 Å². The van der Waals surface area contributed by atoms with Crippen molar-refractivity contribution in [2.75, 3.05) is 23.4 Å². The third-order valence-corrected chi connectivity index (χ3v) is 4.93. The monoisotopic (exact) mass is 430 g/mol. The Morgan fingerprint density at radius 3 is 2.44 bits per heavy atom. The molecule has 1 N–H and O–H groups in total. The minimum atomic E-state index is -0.637. The topological polar surface area (TPSA) is 84.9 Å². The number of para-hydroxylation sites is 3. The quantitative estimate of drug-likeness (QED) is 0.562. The van der Waals surface area contributed by atoms with Crippen molar-refractivity contribution >= 4 is 29.2 Å². The molecule has 32 heavy (non-hydrogen) atoms. The van der Waals surface area contributed by atoms with Gasteiger partial charge in [-0.3, -0.25) is 9.59 Å². The number of esters is 1. The van der Waals surface area contributed by atoms with E-state index in [1.807, 2.05) is 30.3 Å². The van der Waals surface area contributed by atoms with Gasteiger partial charge in [0.05, 0.1) is 16.9 Å². The van der Waals surface area contributed by atoms with Crippen LogP contribution < -0.4 is 15.0 Å². The van der Waals surface area contributed by atoms with Crippen LogP contribution in [0.1, 0.15) is 23.2 Å². The Hall–Kier alpha value is -4.13. The minimum absolute atomic E-state index is 0.0238. The summed E-state index contributed by atoms with van der Waals surface area (Å²) >= 11 is 0. The molecule has 1 aliphatic rings. The van der Waals surface area contributed by atoms with Gasteiger partial charge in [-0.05, 0) is 48.9 Å². The molecule has 3 aromatic rings. The Bertz CT molecular complexity index is 1130. The van der Waals surface area contributed by atoms with E-state index in [0.29, 0.717) is 35.8 Å². The fraction of sp³-hybridized carbons (Fsp3) is 0.160. The van der Waals surface area contributed by atoms with Crippen LogP contribution in [0.2, 0.25) is 0 Å². The summed E-state index contributed by atoms with van der Waals surface area (Å²) in [5.41, 5.74) is 1.41. The van der Waals surface area contributed by atoms with Crippen molar-refractivity contribution in [2.45, 2.75) is 12.8 Å². The van der Waals surface area contributed by atoms with E-state index in [0.717, 1.165) is 6.42 Å². The normalized spacial score (nSPS) is 13.0. The third kappa shape index (κ3) is 5.13. The molecule has 1 aliphatic heterocycles. The average Bonchev–Trinajstić information content (AvgIpc) is 3.24. The summed E-state index contributed by atoms with van der Waals surface area (Å²) in [6.45, 7) is 0.160. The number of anilines is 2. The van der Waals surface area contributed by atoms with Crippen LogP contribution in [-0.4, -0.2) is 30.9 Å². The Kier molecular flexibility index (Phi) is 6.46. The molecule has 0 aliphatic carbocycles. The van der Waals surface area contributed by atoms with Crippen molar-refractivity contribution in [1.82, 2.24) is 0 Å². The summed E-state index contributed by atoms with van der Waals surface area (Å²) in [6, 6.07) is 22.8. The van der Waals surface area contributed by atoms with Crippen LogP contribution in [0.3, 0.4) is 0 Å². The zero-order valence-corrected chi connectivity index (χ0v) is 17.3. The summed E-state index contributed by atoms with van der Waals surface area (Å²) in [7, 11) is 0. The van der Waals surface area contributed by atoms with Gasteiger partial charge in [0.2, 0.25) is 5.91 Å². The molecule has 0 radical (unpaired) electrons.